The number of hydrogen-bond donors (Lipinski definition) is 3. The normalized spacial score (nSPS) is 12.1. The summed E-state index contributed by atoms with van der Waals surface area (Å²) in [6.45, 7) is 20.3. The van der Waals surface area contributed by atoms with Crippen LogP contribution in [0.15, 0.2) is 4.99 Å². The lowest BCUT2D eigenvalue weighted by molar-refractivity contribution is -0.131. The second-order valence-electron chi connectivity index (χ2n) is 7.56. The van der Waals surface area contributed by atoms with Gasteiger partial charge in [0.05, 0.1) is 12.6 Å². The van der Waals surface area contributed by atoms with Gasteiger partial charge in [-0.3, -0.25) is 0 Å². The predicted molar refractivity (Wildman–Crippen MR) is 138 cm³/mol. The molecule has 0 radical (unpaired) electrons. The van der Waals surface area contributed by atoms with E-state index in [0.717, 1.165) is 13.2 Å². The van der Waals surface area contributed by atoms with Crippen LogP contribution < -0.4 is 16.4 Å². The minimum atomic E-state index is -0.363. The Balaban J connectivity index is -0.000000431. The van der Waals surface area contributed by atoms with Gasteiger partial charge in [-0.05, 0) is 68.2 Å². The van der Waals surface area contributed by atoms with E-state index in [1.165, 1.54) is 18.9 Å². The molecule has 0 aromatic heterocycles. The number of rotatable bonds is 13. The summed E-state index contributed by atoms with van der Waals surface area (Å²) in [7, 11) is 0. The van der Waals surface area contributed by atoms with Crippen molar-refractivity contribution in [2.75, 3.05) is 52.7 Å². The zero-order valence-electron chi connectivity index (χ0n) is 23.3. The summed E-state index contributed by atoms with van der Waals surface area (Å²) in [5, 5.41) is 5.40. The minimum Gasteiger partial charge on any atom is -0.381 e. The molecule has 35 heavy (non-hydrogen) atoms. The summed E-state index contributed by atoms with van der Waals surface area (Å²) in [5.74, 6) is 0. The van der Waals surface area contributed by atoms with Crippen molar-refractivity contribution in [2.45, 2.75) is 92.9 Å². The Morgan fingerprint density at radius 3 is 1.63 bits per heavy atom. The molecule has 11 nitrogen and oxygen atoms in total. The lowest BCUT2D eigenvalue weighted by atomic mass is 10.4. The van der Waals surface area contributed by atoms with Crippen molar-refractivity contribution < 1.29 is 33.3 Å². The molecule has 2 amide bonds. The van der Waals surface area contributed by atoms with Crippen LogP contribution in [0.5, 0.6) is 0 Å². The summed E-state index contributed by atoms with van der Waals surface area (Å²) in [6, 6.07) is 0.0274. The first-order valence-corrected chi connectivity index (χ1v) is 12.6. The number of isocyanates is 1. The number of hydrogen-bond acceptors (Lipinski definition) is 9. The van der Waals surface area contributed by atoms with Gasteiger partial charge in [-0.2, -0.15) is 0 Å². The van der Waals surface area contributed by atoms with Crippen molar-refractivity contribution in [3.63, 3.8) is 0 Å². The summed E-state index contributed by atoms with van der Waals surface area (Å²) in [6.07, 6.45) is 3.43. The van der Waals surface area contributed by atoms with Gasteiger partial charge in [0, 0.05) is 52.2 Å². The molecule has 0 bridgehead atoms. The molecule has 1 saturated heterocycles. The van der Waals surface area contributed by atoms with Crippen LogP contribution in [0, 0.1) is 0 Å². The van der Waals surface area contributed by atoms with Crippen LogP contribution in [-0.4, -0.2) is 89.5 Å². The van der Waals surface area contributed by atoms with E-state index in [-0.39, 0.29) is 30.7 Å². The van der Waals surface area contributed by atoms with Crippen LogP contribution in [0.4, 0.5) is 4.79 Å². The van der Waals surface area contributed by atoms with Gasteiger partial charge < -0.3 is 40.1 Å². The molecule has 1 aliphatic rings. The first-order chi connectivity index (χ1) is 16.7. The van der Waals surface area contributed by atoms with Crippen molar-refractivity contribution in [2.24, 2.45) is 10.7 Å². The molecule has 0 atom stereocenters. The van der Waals surface area contributed by atoms with E-state index in [0.29, 0.717) is 39.5 Å². The third kappa shape index (κ3) is 34.7. The third-order valence-corrected chi connectivity index (χ3v) is 3.59. The molecule has 1 heterocycles. The second kappa shape index (κ2) is 30.4. The number of carbonyl (C=O) groups excluding carboxylic acids is 2. The number of nitrogens with two attached hydrogens (primary N) is 1. The highest BCUT2D eigenvalue weighted by Gasteiger charge is 2.10. The highest BCUT2D eigenvalue weighted by Crippen LogP contribution is 1.98. The monoisotopic (exact) mass is 508 g/mol. The lowest BCUT2D eigenvalue weighted by Gasteiger charge is -2.18. The molecule has 0 aromatic rings. The van der Waals surface area contributed by atoms with Crippen molar-refractivity contribution >= 4 is 12.1 Å². The van der Waals surface area contributed by atoms with Gasteiger partial charge in [0.15, 0.2) is 12.6 Å². The van der Waals surface area contributed by atoms with Gasteiger partial charge in [-0.1, -0.05) is 0 Å². The van der Waals surface area contributed by atoms with Gasteiger partial charge in [0.2, 0.25) is 6.08 Å². The average molecular weight is 509 g/mol. The molecule has 4 N–H and O–H groups in total. The zero-order valence-corrected chi connectivity index (χ0v) is 23.3. The summed E-state index contributed by atoms with van der Waals surface area (Å²) >= 11 is 0. The SMILES string of the molecule is C1CCOC1.CC(C)N=C=O.CCOC(CN)OCC.CCOC(CNC(=O)NC(C)C)OCC. The molecule has 1 aliphatic heterocycles. The average Bonchev–Trinajstić information content (AvgIpc) is 3.38. The lowest BCUT2D eigenvalue weighted by Crippen LogP contribution is -2.43. The van der Waals surface area contributed by atoms with E-state index in [2.05, 4.69) is 15.6 Å². The standard InChI is InChI=1S/C10H22N2O3.C6H15NO2.C4H7NO.C4H8O/c1-5-14-9(15-6-2)7-11-10(13)12-8(3)4;1-3-8-6(5-7)9-4-2;1-4(2)5-3-6;1-2-4-5-3-1/h8-9H,5-7H2,1-4H3,(H2,11,12,13);6H,3-5,7H2,1-2H3;4H,1-2H3;1-4H2. The Bertz CT molecular complexity index is 467. The van der Waals surface area contributed by atoms with E-state index in [4.69, 9.17) is 29.4 Å². The van der Waals surface area contributed by atoms with Gasteiger partial charge in [-0.15, -0.1) is 0 Å². The molecule has 0 aromatic carbocycles. The van der Waals surface area contributed by atoms with Crippen molar-refractivity contribution in [1.29, 1.82) is 0 Å². The van der Waals surface area contributed by atoms with Crippen LogP contribution in [0.1, 0.15) is 68.2 Å². The fourth-order valence-corrected chi connectivity index (χ4v) is 2.20. The molecule has 0 unspecified atom stereocenters. The van der Waals surface area contributed by atoms with Crippen LogP contribution in [0.25, 0.3) is 0 Å². The maximum atomic E-state index is 11.2. The maximum Gasteiger partial charge on any atom is 0.315 e. The fraction of sp³-hybridized carbons (Fsp3) is 0.917. The molecule has 0 aliphatic carbocycles. The zero-order chi connectivity index (χ0) is 27.3. The number of carbonyl (C=O) groups is 1. The molecular weight excluding hydrogens is 456 g/mol. The molecule has 1 fully saturated rings. The van der Waals surface area contributed by atoms with E-state index < -0.39 is 0 Å². The van der Waals surface area contributed by atoms with E-state index in [9.17, 15) is 9.59 Å². The topological polar surface area (TPSA) is 143 Å². The maximum absolute atomic E-state index is 11.2. The predicted octanol–water partition coefficient (Wildman–Crippen LogP) is 2.96. The molecule has 11 heteroatoms. The molecule has 1 rings (SSSR count). The van der Waals surface area contributed by atoms with Gasteiger partial charge in [-0.25, -0.2) is 14.6 Å². The van der Waals surface area contributed by atoms with Crippen LogP contribution >= 0.6 is 0 Å². The Morgan fingerprint density at radius 2 is 1.37 bits per heavy atom. The number of urea groups is 1. The minimum absolute atomic E-state index is 0.0995. The van der Waals surface area contributed by atoms with Crippen LogP contribution in [-0.2, 0) is 28.5 Å². The van der Waals surface area contributed by atoms with Crippen LogP contribution in [0.2, 0.25) is 0 Å². The van der Waals surface area contributed by atoms with E-state index in [1.54, 1.807) is 0 Å². The highest BCUT2D eigenvalue weighted by atomic mass is 16.7. The van der Waals surface area contributed by atoms with Gasteiger partial charge >= 0.3 is 6.03 Å². The first-order valence-electron chi connectivity index (χ1n) is 12.6. The third-order valence-electron chi connectivity index (χ3n) is 3.59. The molecule has 0 saturated carbocycles. The van der Waals surface area contributed by atoms with E-state index >= 15 is 0 Å². The van der Waals surface area contributed by atoms with Crippen molar-refractivity contribution in [1.82, 2.24) is 10.6 Å². The van der Waals surface area contributed by atoms with Gasteiger partial charge in [0.25, 0.3) is 0 Å². The quantitative estimate of drug-likeness (QED) is 0.196. The Morgan fingerprint density at radius 1 is 0.914 bits per heavy atom. The fourth-order valence-electron chi connectivity index (χ4n) is 2.20. The van der Waals surface area contributed by atoms with Crippen molar-refractivity contribution in [3.8, 4) is 0 Å². The van der Waals surface area contributed by atoms with Gasteiger partial charge in [0.1, 0.15) is 0 Å². The molecule has 0 spiro atoms. The van der Waals surface area contributed by atoms with Crippen LogP contribution in [0.3, 0.4) is 0 Å². The summed E-state index contributed by atoms with van der Waals surface area (Å²) in [5.41, 5.74) is 5.29. The highest BCUT2D eigenvalue weighted by molar-refractivity contribution is 5.74. The molecular formula is C24H52N4O7. The number of ether oxygens (including phenoxy) is 5. The number of nitrogens with one attached hydrogen (secondary N) is 2. The van der Waals surface area contributed by atoms with E-state index in [1.807, 2.05) is 55.4 Å². The Kier molecular flexibility index (Phi) is 33.0. The number of aliphatic imine (C=N–C) groups is 1. The Hall–Kier alpha value is -1.59. The summed E-state index contributed by atoms with van der Waals surface area (Å²) in [4.78, 5) is 23.9. The number of amides is 2. The Labute approximate surface area is 212 Å². The smallest absolute Gasteiger partial charge is 0.315 e. The molecule has 210 valence electrons. The number of nitrogens with zero attached hydrogens (tertiary/aromatic N) is 1. The summed E-state index contributed by atoms with van der Waals surface area (Å²) < 4.78 is 25.7. The largest absolute Gasteiger partial charge is 0.381 e. The first kappa shape index (κ1) is 37.9. The van der Waals surface area contributed by atoms with Crippen molar-refractivity contribution in [3.05, 3.63) is 0 Å². The second-order valence-corrected chi connectivity index (χ2v) is 7.56.